The van der Waals surface area contributed by atoms with Crippen molar-refractivity contribution in [1.82, 2.24) is 9.80 Å². The van der Waals surface area contributed by atoms with E-state index in [1.54, 1.807) is 0 Å². The van der Waals surface area contributed by atoms with E-state index < -0.39 is 0 Å². The molecule has 30 heavy (non-hydrogen) atoms. The minimum Gasteiger partial charge on any atom is -0.484 e. The fourth-order valence-corrected chi connectivity index (χ4v) is 5.48. The van der Waals surface area contributed by atoms with Crippen LogP contribution in [-0.4, -0.2) is 47.5 Å². The molecule has 0 radical (unpaired) electrons. The molecule has 158 valence electrons. The molecule has 1 saturated carbocycles. The van der Waals surface area contributed by atoms with Crippen molar-refractivity contribution in [1.29, 1.82) is 0 Å². The number of ether oxygens (including phenoxy) is 1. The third kappa shape index (κ3) is 4.11. The van der Waals surface area contributed by atoms with E-state index in [0.29, 0.717) is 18.7 Å². The molecule has 2 aromatic carbocycles. The summed E-state index contributed by atoms with van der Waals surface area (Å²) in [4.78, 5) is 18.0. The molecule has 1 saturated heterocycles. The Morgan fingerprint density at radius 1 is 0.933 bits per heavy atom. The van der Waals surface area contributed by atoms with Crippen LogP contribution in [0.1, 0.15) is 54.4 Å². The maximum Gasteiger partial charge on any atom is 0.258 e. The molecule has 0 bridgehead atoms. The number of amides is 1. The van der Waals surface area contributed by atoms with E-state index in [1.165, 1.54) is 37.8 Å². The van der Waals surface area contributed by atoms with Crippen LogP contribution in [0.5, 0.6) is 5.75 Å². The summed E-state index contributed by atoms with van der Waals surface area (Å²) in [6.07, 6.45) is 7.55. The molecule has 0 atom stereocenters. The summed E-state index contributed by atoms with van der Waals surface area (Å²) in [5.74, 6) is 1.72. The van der Waals surface area contributed by atoms with Crippen molar-refractivity contribution in [2.75, 3.05) is 26.2 Å². The zero-order valence-corrected chi connectivity index (χ0v) is 17.8. The van der Waals surface area contributed by atoms with Gasteiger partial charge in [-0.2, -0.15) is 0 Å². The SMILES string of the molecule is O=C1c2ccccc2OC2(CCN(CC3CCCC3)CC2)CN1Cc1ccccc1. The molecule has 5 rings (SSSR count). The summed E-state index contributed by atoms with van der Waals surface area (Å²) in [6, 6.07) is 18.1. The Kier molecular flexibility index (Phi) is 5.51. The second-order valence-electron chi connectivity index (χ2n) is 9.38. The van der Waals surface area contributed by atoms with Gasteiger partial charge in [0.2, 0.25) is 0 Å². The van der Waals surface area contributed by atoms with Crippen LogP contribution in [0.4, 0.5) is 0 Å². The standard InChI is InChI=1S/C26H32N2O2/c29-25-23-12-6-7-13-24(23)30-26(20-28(25)19-22-8-2-1-3-9-22)14-16-27(17-15-26)18-21-10-4-5-11-21/h1-3,6-9,12-13,21H,4-5,10-11,14-20H2. The van der Waals surface area contributed by atoms with Gasteiger partial charge >= 0.3 is 0 Å². The van der Waals surface area contributed by atoms with Gasteiger partial charge in [0.05, 0.1) is 12.1 Å². The largest absolute Gasteiger partial charge is 0.484 e. The lowest BCUT2D eigenvalue weighted by Crippen LogP contribution is -2.54. The van der Waals surface area contributed by atoms with E-state index in [2.05, 4.69) is 17.0 Å². The monoisotopic (exact) mass is 404 g/mol. The molecule has 4 heteroatoms. The molecule has 0 N–H and O–H groups in total. The number of rotatable bonds is 4. The van der Waals surface area contributed by atoms with Gasteiger partial charge in [-0.05, 0) is 36.5 Å². The smallest absolute Gasteiger partial charge is 0.258 e. The number of fused-ring (bicyclic) bond motifs is 1. The average molecular weight is 405 g/mol. The van der Waals surface area contributed by atoms with Gasteiger partial charge in [-0.1, -0.05) is 55.3 Å². The number of piperidine rings is 1. The van der Waals surface area contributed by atoms with Crippen LogP contribution in [0.2, 0.25) is 0 Å². The molecule has 2 heterocycles. The topological polar surface area (TPSA) is 32.8 Å². The minimum absolute atomic E-state index is 0.0831. The highest BCUT2D eigenvalue weighted by molar-refractivity contribution is 5.97. The summed E-state index contributed by atoms with van der Waals surface area (Å²) in [7, 11) is 0. The van der Waals surface area contributed by atoms with Crippen molar-refractivity contribution in [2.45, 2.75) is 50.7 Å². The van der Waals surface area contributed by atoms with Gasteiger partial charge in [0.1, 0.15) is 11.4 Å². The van der Waals surface area contributed by atoms with E-state index in [4.69, 9.17) is 4.74 Å². The quantitative estimate of drug-likeness (QED) is 0.737. The Hall–Kier alpha value is -2.33. The van der Waals surface area contributed by atoms with E-state index in [0.717, 1.165) is 37.6 Å². The Bertz CT molecular complexity index is 868. The first-order chi connectivity index (χ1) is 14.7. The predicted octanol–water partition coefficient (Wildman–Crippen LogP) is 4.75. The molecule has 3 aliphatic rings. The molecular weight excluding hydrogens is 372 g/mol. The fraction of sp³-hybridized carbons (Fsp3) is 0.500. The highest BCUT2D eigenvalue weighted by atomic mass is 16.5. The first-order valence-electron chi connectivity index (χ1n) is 11.5. The highest BCUT2D eigenvalue weighted by Gasteiger charge is 2.43. The molecule has 1 amide bonds. The molecule has 1 aliphatic carbocycles. The van der Waals surface area contributed by atoms with Crippen molar-refractivity contribution in [3.05, 3.63) is 65.7 Å². The van der Waals surface area contributed by atoms with Crippen LogP contribution < -0.4 is 4.74 Å². The van der Waals surface area contributed by atoms with Crippen molar-refractivity contribution in [3.8, 4) is 5.75 Å². The van der Waals surface area contributed by atoms with Crippen molar-refractivity contribution >= 4 is 5.91 Å². The minimum atomic E-state index is -0.288. The van der Waals surface area contributed by atoms with Gasteiger partial charge in [0, 0.05) is 39.0 Å². The van der Waals surface area contributed by atoms with Gasteiger partial charge < -0.3 is 14.5 Å². The summed E-state index contributed by atoms with van der Waals surface area (Å²) in [5.41, 5.74) is 1.57. The first-order valence-corrected chi connectivity index (χ1v) is 11.5. The maximum absolute atomic E-state index is 13.4. The highest BCUT2D eigenvalue weighted by Crippen LogP contribution is 2.37. The van der Waals surface area contributed by atoms with E-state index >= 15 is 0 Å². The van der Waals surface area contributed by atoms with Gasteiger partial charge in [-0.15, -0.1) is 0 Å². The van der Waals surface area contributed by atoms with Crippen LogP contribution in [0.3, 0.4) is 0 Å². The van der Waals surface area contributed by atoms with E-state index in [9.17, 15) is 4.79 Å². The number of hydrogen-bond donors (Lipinski definition) is 0. The number of carbonyl (C=O) groups is 1. The number of benzene rings is 2. The average Bonchev–Trinajstić information content (AvgIpc) is 3.25. The first kappa shape index (κ1) is 19.6. The van der Waals surface area contributed by atoms with Gasteiger partial charge in [0.15, 0.2) is 0 Å². The summed E-state index contributed by atoms with van der Waals surface area (Å²) in [6.45, 7) is 4.65. The Morgan fingerprint density at radius 3 is 2.40 bits per heavy atom. The summed E-state index contributed by atoms with van der Waals surface area (Å²) < 4.78 is 6.65. The van der Waals surface area contributed by atoms with Crippen LogP contribution in [0, 0.1) is 5.92 Å². The molecular formula is C26H32N2O2. The number of para-hydroxylation sites is 1. The zero-order chi connectivity index (χ0) is 20.4. The van der Waals surface area contributed by atoms with Gasteiger partial charge in [-0.3, -0.25) is 4.79 Å². The van der Waals surface area contributed by atoms with Crippen molar-refractivity contribution in [2.24, 2.45) is 5.92 Å². The fourth-order valence-electron chi connectivity index (χ4n) is 5.48. The van der Waals surface area contributed by atoms with Crippen LogP contribution in [-0.2, 0) is 6.54 Å². The predicted molar refractivity (Wildman–Crippen MR) is 119 cm³/mol. The molecule has 2 fully saturated rings. The molecule has 2 aliphatic heterocycles. The number of nitrogens with zero attached hydrogens (tertiary/aromatic N) is 2. The van der Waals surface area contributed by atoms with Crippen LogP contribution >= 0.6 is 0 Å². The van der Waals surface area contributed by atoms with Gasteiger partial charge in [0.25, 0.3) is 5.91 Å². The molecule has 2 aromatic rings. The molecule has 0 aromatic heterocycles. The lowest BCUT2D eigenvalue weighted by atomic mass is 9.89. The maximum atomic E-state index is 13.4. The third-order valence-corrected chi connectivity index (χ3v) is 7.18. The molecule has 4 nitrogen and oxygen atoms in total. The molecule has 0 unspecified atom stereocenters. The van der Waals surface area contributed by atoms with Crippen LogP contribution in [0.25, 0.3) is 0 Å². The van der Waals surface area contributed by atoms with E-state index in [1.807, 2.05) is 47.4 Å². The van der Waals surface area contributed by atoms with Gasteiger partial charge in [-0.25, -0.2) is 0 Å². The number of likely N-dealkylation sites (tertiary alicyclic amines) is 1. The Morgan fingerprint density at radius 2 is 1.63 bits per heavy atom. The van der Waals surface area contributed by atoms with Crippen molar-refractivity contribution < 1.29 is 9.53 Å². The lowest BCUT2D eigenvalue weighted by molar-refractivity contribution is -0.0190. The van der Waals surface area contributed by atoms with Crippen molar-refractivity contribution in [3.63, 3.8) is 0 Å². The third-order valence-electron chi connectivity index (χ3n) is 7.18. The Labute approximate surface area is 179 Å². The Balaban J connectivity index is 1.36. The second-order valence-corrected chi connectivity index (χ2v) is 9.38. The molecule has 1 spiro atoms. The number of carbonyl (C=O) groups excluding carboxylic acids is 1. The van der Waals surface area contributed by atoms with Crippen LogP contribution in [0.15, 0.2) is 54.6 Å². The zero-order valence-electron chi connectivity index (χ0n) is 17.8. The normalized spacial score (nSPS) is 22.0. The number of hydrogen-bond acceptors (Lipinski definition) is 3. The second kappa shape index (κ2) is 8.43. The lowest BCUT2D eigenvalue weighted by Gasteiger charge is -2.43. The summed E-state index contributed by atoms with van der Waals surface area (Å²) >= 11 is 0. The van der Waals surface area contributed by atoms with E-state index in [-0.39, 0.29) is 11.5 Å². The summed E-state index contributed by atoms with van der Waals surface area (Å²) in [5, 5.41) is 0.